The van der Waals surface area contributed by atoms with Crippen LogP contribution in [-0.2, 0) is 62.6 Å². The maximum absolute atomic E-state index is 12.4. The van der Waals surface area contributed by atoms with Crippen molar-refractivity contribution >= 4 is 11.4 Å². The molecule has 0 radical (unpaired) electrons. The standard InChI is InChI=1S/C42H64N2.2CH3.Ni.Pd/c1-7-13-19-20-26-40-39(25-18-12-6)41(37-29-33(21-14-8-2)27-34(30-37)22-15-9-3)44(43)42(40)38-31-35(23-16-10-4)28-36(32-38)24-17-11-5;;;;/h27-32H,7-26H2,1-6H3;2*1H3;;/q;2*-1;+2;. The SMILES string of the molecule is CCCCCCC1=C(c2cc(CCCC)cc(CCCC)c2)[N+](=[N-])C(c2cc(CCCC)cc(CCCC)c2)=C1CCCC.[CH3-].[CH3-].[Ni+2].[Pd]. The summed E-state index contributed by atoms with van der Waals surface area (Å²) in [4.78, 5) is 0. The largest absolute Gasteiger partial charge is 2.00 e. The predicted octanol–water partition coefficient (Wildman–Crippen LogP) is 14.3. The molecule has 0 unspecified atom stereocenters. The normalized spacial score (nSPS) is 12.4. The van der Waals surface area contributed by atoms with E-state index in [2.05, 4.69) is 77.9 Å². The summed E-state index contributed by atoms with van der Waals surface area (Å²) in [7, 11) is 0. The van der Waals surface area contributed by atoms with Gasteiger partial charge in [-0.1, -0.05) is 105 Å². The average molecular weight is 792 g/mol. The molecule has 1 heterocycles. The van der Waals surface area contributed by atoms with Gasteiger partial charge in [0.2, 0.25) is 11.4 Å². The van der Waals surface area contributed by atoms with Gasteiger partial charge < -0.3 is 20.4 Å². The Bertz CT molecular complexity index is 1210. The van der Waals surface area contributed by atoms with Gasteiger partial charge in [-0.15, -0.1) is 0 Å². The predicted molar refractivity (Wildman–Crippen MR) is 206 cm³/mol. The smallest absolute Gasteiger partial charge is 0.493 e. The molecule has 1 aliphatic rings. The van der Waals surface area contributed by atoms with E-state index in [1.165, 1.54) is 122 Å². The zero-order valence-corrected chi connectivity index (χ0v) is 34.7. The van der Waals surface area contributed by atoms with Crippen LogP contribution in [0.1, 0.15) is 178 Å². The van der Waals surface area contributed by atoms with Gasteiger partial charge in [-0.05, 0) is 124 Å². The Morgan fingerprint density at radius 3 is 1.02 bits per heavy atom. The number of hydrogen-bond acceptors (Lipinski definition) is 0. The molecule has 0 atom stereocenters. The van der Waals surface area contributed by atoms with E-state index < -0.39 is 0 Å². The third-order valence-corrected chi connectivity index (χ3v) is 9.35. The van der Waals surface area contributed by atoms with E-state index in [4.69, 9.17) is 0 Å². The summed E-state index contributed by atoms with van der Waals surface area (Å²) >= 11 is 0. The van der Waals surface area contributed by atoms with Gasteiger partial charge >= 0.3 is 16.5 Å². The van der Waals surface area contributed by atoms with E-state index in [9.17, 15) is 5.53 Å². The molecule has 0 amide bonds. The molecule has 0 spiro atoms. The molecule has 0 aliphatic carbocycles. The zero-order chi connectivity index (χ0) is 31.7. The van der Waals surface area contributed by atoms with E-state index in [1.807, 2.05) is 0 Å². The molecule has 0 aromatic heterocycles. The second kappa shape index (κ2) is 27.4. The number of nitrogens with zero attached hydrogens (tertiary/aromatic N) is 2. The van der Waals surface area contributed by atoms with E-state index >= 15 is 0 Å². The molecular formula is C44H70N2NiPd. The Kier molecular flexibility index (Phi) is 27.9. The van der Waals surface area contributed by atoms with Crippen molar-refractivity contribution in [3.8, 4) is 0 Å². The number of allylic oxidation sites excluding steroid dienone is 2. The molecule has 0 fully saturated rings. The van der Waals surface area contributed by atoms with Gasteiger partial charge in [0.05, 0.1) is 0 Å². The zero-order valence-electron chi connectivity index (χ0n) is 32.1. The summed E-state index contributed by atoms with van der Waals surface area (Å²) in [6, 6.07) is 14.5. The molecule has 3 rings (SSSR count). The molecule has 4 heteroatoms. The van der Waals surface area contributed by atoms with Crippen molar-refractivity contribution in [3.05, 3.63) is 101 Å². The van der Waals surface area contributed by atoms with Crippen molar-refractivity contribution in [2.75, 3.05) is 0 Å². The fraction of sp³-hybridized carbons (Fsp3) is 0.591. The van der Waals surface area contributed by atoms with E-state index in [0.717, 1.165) is 62.8 Å². The summed E-state index contributed by atoms with van der Waals surface area (Å²) in [5.41, 5.74) is 25.4. The molecule has 0 saturated carbocycles. The maximum Gasteiger partial charge on any atom is 2.00 e. The van der Waals surface area contributed by atoms with Crippen molar-refractivity contribution in [2.24, 2.45) is 0 Å². The number of rotatable bonds is 22. The molecule has 0 N–H and O–H groups in total. The van der Waals surface area contributed by atoms with Crippen LogP contribution in [0.4, 0.5) is 0 Å². The fourth-order valence-corrected chi connectivity index (χ4v) is 6.77. The summed E-state index contributed by atoms with van der Waals surface area (Å²) in [5, 5.41) is 0. The van der Waals surface area contributed by atoms with Crippen LogP contribution in [0.5, 0.6) is 0 Å². The van der Waals surface area contributed by atoms with Gasteiger partial charge in [-0.25, -0.2) is 4.70 Å². The van der Waals surface area contributed by atoms with Crippen molar-refractivity contribution < 1.29 is 41.6 Å². The van der Waals surface area contributed by atoms with Gasteiger partial charge in [0.1, 0.15) is 0 Å². The molecule has 2 aromatic rings. The third-order valence-electron chi connectivity index (χ3n) is 9.35. The van der Waals surface area contributed by atoms with E-state index in [-0.39, 0.29) is 51.8 Å². The molecule has 0 saturated heterocycles. The summed E-state index contributed by atoms with van der Waals surface area (Å²) in [6.07, 6.45) is 23.4. The summed E-state index contributed by atoms with van der Waals surface area (Å²) < 4.78 is 1.64. The van der Waals surface area contributed by atoms with Crippen molar-refractivity contribution in [3.63, 3.8) is 0 Å². The van der Waals surface area contributed by atoms with Crippen LogP contribution in [-0.4, -0.2) is 4.70 Å². The van der Waals surface area contributed by atoms with Gasteiger partial charge in [-0.2, -0.15) is 0 Å². The number of benzene rings is 2. The van der Waals surface area contributed by atoms with Gasteiger partial charge in [-0.3, -0.25) is 0 Å². The molecular weight excluding hydrogens is 722 g/mol. The Balaban J connectivity index is 0. The summed E-state index contributed by atoms with van der Waals surface area (Å²) in [5.74, 6) is 0. The van der Waals surface area contributed by atoms with Crippen LogP contribution >= 0.6 is 0 Å². The van der Waals surface area contributed by atoms with Crippen molar-refractivity contribution in [2.45, 2.75) is 170 Å². The second-order valence-corrected chi connectivity index (χ2v) is 13.4. The van der Waals surface area contributed by atoms with Crippen LogP contribution in [0.3, 0.4) is 0 Å². The molecule has 276 valence electrons. The minimum absolute atomic E-state index is 0. The van der Waals surface area contributed by atoms with Crippen molar-refractivity contribution in [1.82, 2.24) is 0 Å². The Hall–Kier alpha value is -1.32. The quantitative estimate of drug-likeness (QED) is 0.0491. The number of unbranched alkanes of at least 4 members (excludes halogenated alkanes) is 8. The number of aryl methyl sites for hydroxylation is 4. The van der Waals surface area contributed by atoms with Crippen molar-refractivity contribution in [1.29, 1.82) is 0 Å². The molecule has 2 nitrogen and oxygen atoms in total. The van der Waals surface area contributed by atoms with Gasteiger partial charge in [0, 0.05) is 42.7 Å². The van der Waals surface area contributed by atoms with Crippen LogP contribution in [0.25, 0.3) is 16.9 Å². The summed E-state index contributed by atoms with van der Waals surface area (Å²) in [6.45, 7) is 13.7. The topological polar surface area (TPSA) is 25.3 Å². The van der Waals surface area contributed by atoms with Crippen LogP contribution in [0.2, 0.25) is 0 Å². The molecule has 48 heavy (non-hydrogen) atoms. The average Bonchev–Trinajstić information content (AvgIpc) is 3.31. The first kappa shape index (κ1) is 48.8. The first-order chi connectivity index (χ1) is 21.5. The maximum atomic E-state index is 12.4. The van der Waals surface area contributed by atoms with Gasteiger partial charge in [0.15, 0.2) is 0 Å². The first-order valence-electron chi connectivity index (χ1n) is 18.7. The Labute approximate surface area is 322 Å². The fourth-order valence-electron chi connectivity index (χ4n) is 6.77. The number of hydrogen-bond donors (Lipinski definition) is 0. The van der Waals surface area contributed by atoms with Crippen LogP contribution in [0, 0.1) is 14.9 Å². The Morgan fingerprint density at radius 1 is 0.417 bits per heavy atom. The second-order valence-electron chi connectivity index (χ2n) is 13.4. The van der Waals surface area contributed by atoms with Crippen LogP contribution in [0.15, 0.2) is 47.5 Å². The monoisotopic (exact) mass is 790 g/mol. The van der Waals surface area contributed by atoms with Gasteiger partial charge in [0.25, 0.3) is 0 Å². The molecule has 0 bridgehead atoms. The first-order valence-corrected chi connectivity index (χ1v) is 18.7. The van der Waals surface area contributed by atoms with E-state index in [0.29, 0.717) is 0 Å². The minimum atomic E-state index is 0. The van der Waals surface area contributed by atoms with Crippen LogP contribution < -0.4 is 0 Å². The molecule has 1 aliphatic heterocycles. The minimum Gasteiger partial charge on any atom is -0.493 e. The third kappa shape index (κ3) is 14.5. The van der Waals surface area contributed by atoms with E-state index in [1.54, 1.807) is 4.70 Å². The molecule has 2 aromatic carbocycles. The Morgan fingerprint density at radius 2 is 0.708 bits per heavy atom.